The summed E-state index contributed by atoms with van der Waals surface area (Å²) in [6.45, 7) is 2.00. The second-order valence-electron chi connectivity index (χ2n) is 4.48. The Balaban J connectivity index is 2.23. The van der Waals surface area contributed by atoms with Gasteiger partial charge < -0.3 is 5.32 Å². The Hall–Kier alpha value is -1.86. The molecular weight excluding hydrogens is 276 g/mol. The summed E-state index contributed by atoms with van der Waals surface area (Å²) in [5.41, 5.74) is 1.77. The van der Waals surface area contributed by atoms with Gasteiger partial charge in [-0.1, -0.05) is 6.07 Å². The third kappa shape index (κ3) is 3.00. The van der Waals surface area contributed by atoms with E-state index in [2.05, 4.69) is 15.1 Å². The van der Waals surface area contributed by atoms with E-state index in [0.29, 0.717) is 0 Å². The number of nitrogens with zero attached hydrogens (tertiary/aromatic N) is 2. The number of hydrogen-bond donors (Lipinski definition) is 2. The molecule has 0 aliphatic carbocycles. The summed E-state index contributed by atoms with van der Waals surface area (Å²) in [4.78, 5) is 0.238. The molecule has 2 aromatic rings. The molecule has 0 radical (unpaired) electrons. The van der Waals surface area contributed by atoms with Gasteiger partial charge in [-0.15, -0.1) is 0 Å². The van der Waals surface area contributed by atoms with Gasteiger partial charge in [-0.3, -0.25) is 4.68 Å². The SMILES string of the molecule is CNS(=O)(=O)c1cccc(NC(C)c2ccnn2C)c1. The van der Waals surface area contributed by atoms with Crippen molar-refractivity contribution in [3.8, 4) is 0 Å². The molecular formula is C13H18N4O2S. The lowest BCUT2D eigenvalue weighted by molar-refractivity contribution is 0.588. The highest BCUT2D eigenvalue weighted by atomic mass is 32.2. The zero-order valence-electron chi connectivity index (χ0n) is 11.7. The predicted octanol–water partition coefficient (Wildman–Crippen LogP) is 1.50. The van der Waals surface area contributed by atoms with Crippen LogP contribution in [0.5, 0.6) is 0 Å². The van der Waals surface area contributed by atoms with E-state index in [4.69, 9.17) is 0 Å². The number of nitrogens with one attached hydrogen (secondary N) is 2. The lowest BCUT2D eigenvalue weighted by Crippen LogP contribution is -2.19. The van der Waals surface area contributed by atoms with Crippen LogP contribution >= 0.6 is 0 Å². The first-order valence-corrected chi connectivity index (χ1v) is 7.70. The van der Waals surface area contributed by atoms with Crippen LogP contribution in [0.3, 0.4) is 0 Å². The predicted molar refractivity (Wildman–Crippen MR) is 77.9 cm³/mol. The Kier molecular flexibility index (Phi) is 4.10. The first-order valence-electron chi connectivity index (χ1n) is 6.22. The molecule has 1 aromatic heterocycles. The molecule has 1 heterocycles. The van der Waals surface area contributed by atoms with Crippen LogP contribution in [0.15, 0.2) is 41.4 Å². The van der Waals surface area contributed by atoms with Crippen molar-refractivity contribution in [2.45, 2.75) is 17.9 Å². The van der Waals surface area contributed by atoms with Gasteiger partial charge in [-0.05, 0) is 38.2 Å². The van der Waals surface area contributed by atoms with Crippen molar-refractivity contribution < 1.29 is 8.42 Å². The number of hydrogen-bond acceptors (Lipinski definition) is 4. The molecule has 1 unspecified atom stereocenters. The highest BCUT2D eigenvalue weighted by Gasteiger charge is 2.13. The molecule has 0 saturated heterocycles. The Morgan fingerprint density at radius 3 is 2.65 bits per heavy atom. The van der Waals surface area contributed by atoms with Crippen LogP contribution in [0.2, 0.25) is 0 Å². The highest BCUT2D eigenvalue weighted by Crippen LogP contribution is 2.21. The second kappa shape index (κ2) is 5.64. The number of rotatable bonds is 5. The molecule has 6 nitrogen and oxygen atoms in total. The summed E-state index contributed by atoms with van der Waals surface area (Å²) in [6.07, 6.45) is 1.73. The van der Waals surface area contributed by atoms with Gasteiger partial charge in [-0.25, -0.2) is 13.1 Å². The number of aromatic nitrogens is 2. The van der Waals surface area contributed by atoms with Gasteiger partial charge in [-0.2, -0.15) is 5.10 Å². The van der Waals surface area contributed by atoms with Gasteiger partial charge in [0.25, 0.3) is 0 Å². The first-order chi connectivity index (χ1) is 9.44. The summed E-state index contributed by atoms with van der Waals surface area (Å²) in [6, 6.07) is 8.66. The van der Waals surface area contributed by atoms with Crippen molar-refractivity contribution in [1.82, 2.24) is 14.5 Å². The van der Waals surface area contributed by atoms with Crippen molar-refractivity contribution in [2.75, 3.05) is 12.4 Å². The normalized spacial score (nSPS) is 13.2. The van der Waals surface area contributed by atoms with Gasteiger partial charge in [0, 0.05) is 18.9 Å². The molecule has 20 heavy (non-hydrogen) atoms. The monoisotopic (exact) mass is 294 g/mol. The van der Waals surface area contributed by atoms with E-state index in [-0.39, 0.29) is 10.9 Å². The van der Waals surface area contributed by atoms with Crippen molar-refractivity contribution in [1.29, 1.82) is 0 Å². The molecule has 0 bridgehead atoms. The van der Waals surface area contributed by atoms with Crippen molar-refractivity contribution in [2.24, 2.45) is 7.05 Å². The van der Waals surface area contributed by atoms with Crippen molar-refractivity contribution in [3.63, 3.8) is 0 Å². The molecule has 108 valence electrons. The van der Waals surface area contributed by atoms with Crippen LogP contribution < -0.4 is 10.0 Å². The van der Waals surface area contributed by atoms with Gasteiger partial charge >= 0.3 is 0 Å². The maximum Gasteiger partial charge on any atom is 0.240 e. The number of aryl methyl sites for hydroxylation is 1. The molecule has 0 fully saturated rings. The molecule has 2 rings (SSSR count). The molecule has 0 amide bonds. The lowest BCUT2D eigenvalue weighted by Gasteiger charge is -2.16. The minimum atomic E-state index is -3.43. The average Bonchev–Trinajstić information content (AvgIpc) is 2.85. The number of benzene rings is 1. The van der Waals surface area contributed by atoms with Crippen LogP contribution in [-0.4, -0.2) is 25.2 Å². The summed E-state index contributed by atoms with van der Waals surface area (Å²) in [5, 5.41) is 7.39. The molecule has 2 N–H and O–H groups in total. The molecule has 0 aliphatic heterocycles. The zero-order chi connectivity index (χ0) is 14.8. The third-order valence-corrected chi connectivity index (χ3v) is 4.51. The fourth-order valence-corrected chi connectivity index (χ4v) is 2.78. The summed E-state index contributed by atoms with van der Waals surface area (Å²) < 4.78 is 27.6. The Bertz CT molecular complexity index is 694. The van der Waals surface area contributed by atoms with E-state index < -0.39 is 10.0 Å². The van der Waals surface area contributed by atoms with E-state index in [1.54, 1.807) is 29.1 Å². The Labute approximate surface area is 118 Å². The maximum atomic E-state index is 11.8. The molecule has 1 aromatic carbocycles. The van der Waals surface area contributed by atoms with E-state index in [1.807, 2.05) is 26.1 Å². The minimum Gasteiger partial charge on any atom is -0.377 e. The van der Waals surface area contributed by atoms with E-state index in [0.717, 1.165) is 11.4 Å². The van der Waals surface area contributed by atoms with E-state index in [9.17, 15) is 8.42 Å². The molecule has 7 heteroatoms. The first kappa shape index (κ1) is 14.5. The van der Waals surface area contributed by atoms with Crippen LogP contribution in [0.4, 0.5) is 5.69 Å². The second-order valence-corrected chi connectivity index (χ2v) is 6.37. The molecule has 0 saturated carbocycles. The van der Waals surface area contributed by atoms with Crippen LogP contribution in [0.1, 0.15) is 18.7 Å². The fourth-order valence-electron chi connectivity index (χ4n) is 2.00. The average molecular weight is 294 g/mol. The fraction of sp³-hybridized carbons (Fsp3) is 0.308. The van der Waals surface area contributed by atoms with Gasteiger partial charge in [0.05, 0.1) is 16.6 Å². The quantitative estimate of drug-likeness (QED) is 0.876. The van der Waals surface area contributed by atoms with Gasteiger partial charge in [0.1, 0.15) is 0 Å². The number of sulfonamides is 1. The number of anilines is 1. The van der Waals surface area contributed by atoms with Gasteiger partial charge in [0.2, 0.25) is 10.0 Å². The Morgan fingerprint density at radius 2 is 2.05 bits per heavy atom. The van der Waals surface area contributed by atoms with Crippen molar-refractivity contribution in [3.05, 3.63) is 42.2 Å². The smallest absolute Gasteiger partial charge is 0.240 e. The van der Waals surface area contributed by atoms with Crippen LogP contribution in [-0.2, 0) is 17.1 Å². The van der Waals surface area contributed by atoms with E-state index in [1.165, 1.54) is 7.05 Å². The zero-order valence-corrected chi connectivity index (χ0v) is 12.5. The van der Waals surface area contributed by atoms with Crippen LogP contribution in [0.25, 0.3) is 0 Å². The van der Waals surface area contributed by atoms with E-state index >= 15 is 0 Å². The lowest BCUT2D eigenvalue weighted by atomic mass is 10.2. The summed E-state index contributed by atoms with van der Waals surface area (Å²) in [7, 11) is -0.159. The highest BCUT2D eigenvalue weighted by molar-refractivity contribution is 7.89. The van der Waals surface area contributed by atoms with Gasteiger partial charge in [0.15, 0.2) is 0 Å². The summed E-state index contributed by atoms with van der Waals surface area (Å²) in [5.74, 6) is 0. The van der Waals surface area contributed by atoms with Crippen molar-refractivity contribution >= 4 is 15.7 Å². The minimum absolute atomic E-state index is 0.0232. The molecule has 0 aliphatic rings. The largest absolute Gasteiger partial charge is 0.377 e. The topological polar surface area (TPSA) is 76.0 Å². The maximum absolute atomic E-state index is 11.8. The standard InChI is InChI=1S/C13H18N4O2S/c1-10(13-7-8-15-17(13)3)16-11-5-4-6-12(9-11)20(18,19)14-2/h4-10,14,16H,1-3H3. The Morgan fingerprint density at radius 1 is 1.30 bits per heavy atom. The molecule has 0 spiro atoms. The summed E-state index contributed by atoms with van der Waals surface area (Å²) >= 11 is 0. The third-order valence-electron chi connectivity index (χ3n) is 3.10. The molecule has 1 atom stereocenters. The van der Waals surface area contributed by atoms with Crippen LogP contribution in [0, 0.1) is 0 Å².